The van der Waals surface area contributed by atoms with Gasteiger partial charge in [0.15, 0.2) is 5.60 Å². The fourth-order valence-corrected chi connectivity index (χ4v) is 2.08. The summed E-state index contributed by atoms with van der Waals surface area (Å²) in [5.74, 6) is -4.21. The van der Waals surface area contributed by atoms with Gasteiger partial charge >= 0.3 is 30.7 Å². The number of hydrogen-bond acceptors (Lipinski definition) is 4. The molecule has 0 saturated heterocycles. The predicted octanol–water partition coefficient (Wildman–Crippen LogP) is 4.79. The van der Waals surface area contributed by atoms with Gasteiger partial charge in [-0.05, 0) is 30.7 Å². The maximum atomic E-state index is 13.1. The van der Waals surface area contributed by atoms with Gasteiger partial charge in [0.2, 0.25) is 0 Å². The highest BCUT2D eigenvalue weighted by Crippen LogP contribution is 2.52. The second kappa shape index (κ2) is 7.83. The Morgan fingerprint density at radius 2 is 1.19 bits per heavy atom. The smallest absolute Gasteiger partial charge is 0.423 e. The second-order valence-corrected chi connectivity index (χ2v) is 6.39. The van der Waals surface area contributed by atoms with E-state index in [2.05, 4.69) is 11.3 Å². The highest BCUT2D eigenvalue weighted by Gasteiger charge is 2.71. The number of carbonyl (C=O) groups excluding carboxylic acids is 1. The number of benzene rings is 1. The van der Waals surface area contributed by atoms with Crippen LogP contribution in [0.3, 0.4) is 0 Å². The Morgan fingerprint density at radius 3 is 1.53 bits per heavy atom. The Kier molecular flexibility index (Phi) is 6.74. The zero-order valence-electron chi connectivity index (χ0n) is 15.2. The molecule has 1 aromatic rings. The van der Waals surface area contributed by atoms with E-state index in [9.17, 15) is 67.7 Å². The number of ether oxygens (including phenoxy) is 1. The van der Waals surface area contributed by atoms with Crippen molar-refractivity contribution in [2.45, 2.75) is 42.8 Å². The lowest BCUT2D eigenvalue weighted by atomic mass is 9.86. The lowest BCUT2D eigenvalue weighted by Crippen LogP contribution is -2.54. The molecule has 0 spiro atoms. The van der Waals surface area contributed by atoms with Crippen LogP contribution in [0.15, 0.2) is 30.4 Å². The van der Waals surface area contributed by atoms with Gasteiger partial charge in [-0.15, -0.1) is 0 Å². The molecule has 0 aromatic heterocycles. The summed E-state index contributed by atoms with van der Waals surface area (Å²) < 4.78 is 159. The molecule has 1 aromatic carbocycles. The van der Waals surface area contributed by atoms with E-state index in [1.54, 1.807) is 0 Å². The third kappa shape index (κ3) is 4.95. The number of rotatable bonds is 4. The predicted molar refractivity (Wildman–Crippen MR) is 78.9 cm³/mol. The number of aliphatic hydroxyl groups is 2. The van der Waals surface area contributed by atoms with Gasteiger partial charge in [0, 0.05) is 5.56 Å². The van der Waals surface area contributed by atoms with E-state index >= 15 is 0 Å². The van der Waals surface area contributed by atoms with Crippen molar-refractivity contribution in [1.29, 1.82) is 0 Å². The fraction of sp³-hybridized carbons (Fsp3) is 0.438. The van der Waals surface area contributed by atoms with E-state index in [4.69, 9.17) is 0 Å². The molecule has 0 saturated carbocycles. The molecule has 1 unspecified atom stereocenters. The molecule has 0 radical (unpaired) electrons. The number of esters is 1. The third-order valence-corrected chi connectivity index (χ3v) is 4.06. The number of carbonyl (C=O) groups is 1. The Hall–Kier alpha value is -2.49. The van der Waals surface area contributed by atoms with Crippen molar-refractivity contribution in [3.05, 3.63) is 41.5 Å². The number of alkyl halides is 12. The van der Waals surface area contributed by atoms with Crippen molar-refractivity contribution in [1.82, 2.24) is 0 Å². The van der Waals surface area contributed by atoms with E-state index in [0.717, 1.165) is 0 Å². The van der Waals surface area contributed by atoms with Crippen LogP contribution < -0.4 is 4.74 Å². The summed E-state index contributed by atoms with van der Waals surface area (Å²) in [5, 5.41) is 19.0. The van der Waals surface area contributed by atoms with Crippen molar-refractivity contribution in [3.63, 3.8) is 0 Å². The lowest BCUT2D eigenvalue weighted by molar-refractivity contribution is -0.376. The first-order valence-electron chi connectivity index (χ1n) is 7.66. The van der Waals surface area contributed by atoms with Crippen LogP contribution in [0.5, 0.6) is 5.75 Å². The molecule has 32 heavy (non-hydrogen) atoms. The quantitative estimate of drug-likeness (QED) is 0.274. The fourth-order valence-electron chi connectivity index (χ4n) is 2.08. The van der Waals surface area contributed by atoms with Crippen LogP contribution in [0.1, 0.15) is 18.1 Å². The van der Waals surface area contributed by atoms with Crippen LogP contribution in [0.25, 0.3) is 0 Å². The molecule has 2 N–H and O–H groups in total. The molecule has 1 atom stereocenters. The summed E-state index contributed by atoms with van der Waals surface area (Å²) in [5.41, 5.74) is -16.6. The number of hydrogen-bond donors (Lipinski definition) is 2. The van der Waals surface area contributed by atoms with E-state index in [-0.39, 0.29) is 13.0 Å². The third-order valence-electron chi connectivity index (χ3n) is 4.06. The van der Waals surface area contributed by atoms with Crippen LogP contribution in [-0.4, -0.2) is 40.9 Å². The largest absolute Gasteiger partial charge is 0.430 e. The highest BCUT2D eigenvalue weighted by molar-refractivity contribution is 5.90. The van der Waals surface area contributed by atoms with E-state index in [0.29, 0.717) is 0 Å². The van der Waals surface area contributed by atoms with Crippen molar-refractivity contribution < 1.29 is 72.4 Å². The van der Waals surface area contributed by atoms with Gasteiger partial charge in [0.1, 0.15) is 11.3 Å². The van der Waals surface area contributed by atoms with Crippen molar-refractivity contribution in [2.75, 3.05) is 0 Å². The van der Waals surface area contributed by atoms with Crippen LogP contribution >= 0.6 is 0 Å². The molecular formula is C16H10F12O4. The molecule has 182 valence electrons. The monoisotopic (exact) mass is 494 g/mol. The van der Waals surface area contributed by atoms with E-state index in [1.807, 2.05) is 0 Å². The topological polar surface area (TPSA) is 66.8 Å². The maximum Gasteiger partial charge on any atom is 0.430 e. The summed E-state index contributed by atoms with van der Waals surface area (Å²) in [6.07, 6.45) is -24.5. The second-order valence-electron chi connectivity index (χ2n) is 6.39. The lowest BCUT2D eigenvalue weighted by Gasteiger charge is -2.34. The molecule has 0 amide bonds. The standard InChI is InChI=1S/C16H10F12O4/c1-6(13(17,18)19)10(29)32-9-4-7(11(2,30)14(20,21)22)3-8(5-9)12(31,15(23,24)25)16(26,27)28/h3-5,30-31H,1H2,2H3. The Morgan fingerprint density at radius 1 is 0.781 bits per heavy atom. The molecule has 0 bridgehead atoms. The van der Waals surface area contributed by atoms with Crippen LogP contribution in [0.4, 0.5) is 52.7 Å². The summed E-state index contributed by atoms with van der Waals surface area (Å²) in [7, 11) is 0. The van der Waals surface area contributed by atoms with Gasteiger partial charge < -0.3 is 14.9 Å². The van der Waals surface area contributed by atoms with Gasteiger partial charge in [-0.3, -0.25) is 0 Å². The first-order valence-corrected chi connectivity index (χ1v) is 7.66. The summed E-state index contributed by atoms with van der Waals surface area (Å²) in [6.45, 7) is 2.13. The first kappa shape index (κ1) is 27.5. The molecule has 4 nitrogen and oxygen atoms in total. The molecule has 0 heterocycles. The van der Waals surface area contributed by atoms with Gasteiger partial charge in [-0.2, -0.15) is 52.7 Å². The van der Waals surface area contributed by atoms with Crippen molar-refractivity contribution in [2.24, 2.45) is 0 Å². The van der Waals surface area contributed by atoms with Crippen LogP contribution in [0.2, 0.25) is 0 Å². The molecular weight excluding hydrogens is 484 g/mol. The van der Waals surface area contributed by atoms with Gasteiger partial charge in [-0.1, -0.05) is 6.58 Å². The van der Waals surface area contributed by atoms with Crippen molar-refractivity contribution in [3.8, 4) is 5.75 Å². The zero-order chi connectivity index (χ0) is 25.7. The van der Waals surface area contributed by atoms with Crippen molar-refractivity contribution >= 4 is 5.97 Å². The summed E-state index contributed by atoms with van der Waals surface area (Å²) >= 11 is 0. The summed E-state index contributed by atoms with van der Waals surface area (Å²) in [4.78, 5) is 11.4. The van der Waals surface area contributed by atoms with Gasteiger partial charge in [0.05, 0.1) is 0 Å². The molecule has 16 heteroatoms. The van der Waals surface area contributed by atoms with Crippen LogP contribution in [0, 0.1) is 0 Å². The molecule has 0 aliphatic carbocycles. The average Bonchev–Trinajstić information content (AvgIpc) is 2.56. The van der Waals surface area contributed by atoms with Gasteiger partial charge in [0.25, 0.3) is 5.60 Å². The molecule has 0 fully saturated rings. The summed E-state index contributed by atoms with van der Waals surface area (Å²) in [6, 6.07) is -1.13. The minimum absolute atomic E-state index is 0.118. The molecule has 0 aliphatic heterocycles. The average molecular weight is 494 g/mol. The van der Waals surface area contributed by atoms with E-state index < -0.39 is 76.5 Å². The minimum atomic E-state index is -6.62. The van der Waals surface area contributed by atoms with E-state index in [1.165, 1.54) is 0 Å². The SMILES string of the molecule is C=C(C(=O)Oc1cc(C(C)(O)C(F)(F)F)cc(C(O)(C(F)(F)F)C(F)(F)F)c1)C(F)(F)F. The molecule has 0 aliphatic rings. The van der Waals surface area contributed by atoms with Gasteiger partial charge in [-0.25, -0.2) is 4.79 Å². The Balaban J connectivity index is 3.87. The normalized spacial score (nSPS) is 15.8. The number of halogens is 12. The Labute approximate surface area is 169 Å². The first-order chi connectivity index (χ1) is 13.9. The minimum Gasteiger partial charge on any atom is -0.423 e. The van der Waals surface area contributed by atoms with Crippen LogP contribution in [-0.2, 0) is 16.0 Å². The highest BCUT2D eigenvalue weighted by atomic mass is 19.4. The Bertz CT molecular complexity index is 876. The zero-order valence-corrected chi connectivity index (χ0v) is 15.2. The molecule has 1 rings (SSSR count). The maximum absolute atomic E-state index is 13.1.